The second-order valence-electron chi connectivity index (χ2n) is 5.36. The average molecular weight is 287 g/mol. The van der Waals surface area contributed by atoms with Crippen LogP contribution in [0.4, 0.5) is 4.39 Å². The van der Waals surface area contributed by atoms with Gasteiger partial charge in [-0.1, -0.05) is 30.3 Å². The number of rotatable bonds is 4. The zero-order valence-corrected chi connectivity index (χ0v) is 11.6. The van der Waals surface area contributed by atoms with E-state index in [1.807, 2.05) is 18.2 Å². The lowest BCUT2D eigenvalue weighted by Gasteiger charge is -2.23. The van der Waals surface area contributed by atoms with Gasteiger partial charge in [-0.2, -0.15) is 0 Å². The molecule has 0 amide bonds. The fourth-order valence-corrected chi connectivity index (χ4v) is 2.77. The maximum atomic E-state index is 13.0. The monoisotopic (exact) mass is 287 g/mol. The molecule has 0 radical (unpaired) electrons. The van der Waals surface area contributed by atoms with Crippen molar-refractivity contribution >= 4 is 0 Å². The molecule has 2 unspecified atom stereocenters. The van der Waals surface area contributed by atoms with Crippen molar-refractivity contribution in [3.05, 3.63) is 70.5 Å². The Morgan fingerprint density at radius 3 is 2.43 bits per heavy atom. The molecule has 2 aromatic carbocycles. The summed E-state index contributed by atoms with van der Waals surface area (Å²) in [6.45, 7) is 1.50. The van der Waals surface area contributed by atoms with E-state index in [4.69, 9.17) is 10.5 Å². The Morgan fingerprint density at radius 1 is 1.05 bits per heavy atom. The van der Waals surface area contributed by atoms with E-state index in [0.29, 0.717) is 19.8 Å². The molecule has 0 fully saturated rings. The molecule has 1 aliphatic rings. The fourth-order valence-electron chi connectivity index (χ4n) is 2.77. The van der Waals surface area contributed by atoms with Crippen LogP contribution < -0.4 is 5.73 Å². The van der Waals surface area contributed by atoms with Crippen molar-refractivity contribution in [2.24, 2.45) is 5.73 Å². The normalized spacial score (nSPS) is 16.5. The van der Waals surface area contributed by atoms with E-state index in [1.165, 1.54) is 12.1 Å². The van der Waals surface area contributed by atoms with Gasteiger partial charge in [-0.15, -0.1) is 0 Å². The van der Waals surface area contributed by atoms with Gasteiger partial charge in [-0.25, -0.2) is 4.39 Å². The number of benzene rings is 2. The summed E-state index contributed by atoms with van der Waals surface area (Å²) in [5, 5.41) is 10.6. The number of aliphatic hydroxyl groups is 1. The summed E-state index contributed by atoms with van der Waals surface area (Å²) >= 11 is 0. The zero-order valence-electron chi connectivity index (χ0n) is 11.6. The largest absolute Gasteiger partial charge is 0.388 e. The third kappa shape index (κ3) is 2.83. The van der Waals surface area contributed by atoms with Gasteiger partial charge < -0.3 is 15.6 Å². The van der Waals surface area contributed by atoms with Gasteiger partial charge in [0.2, 0.25) is 0 Å². The Labute approximate surface area is 123 Å². The SMILES string of the molecule is NCC(c1ccc(F)cc1)C(O)c1ccc2c(c1)COC2. The zero-order chi connectivity index (χ0) is 14.8. The molecule has 0 bridgehead atoms. The molecule has 110 valence electrons. The molecular formula is C17H18FNO2. The minimum Gasteiger partial charge on any atom is -0.388 e. The third-order valence-electron chi connectivity index (χ3n) is 4.02. The molecule has 1 heterocycles. The summed E-state index contributed by atoms with van der Waals surface area (Å²) in [4.78, 5) is 0. The summed E-state index contributed by atoms with van der Waals surface area (Å²) < 4.78 is 18.4. The Kier molecular flexibility index (Phi) is 4.01. The van der Waals surface area contributed by atoms with Gasteiger partial charge in [-0.3, -0.25) is 0 Å². The van der Waals surface area contributed by atoms with Gasteiger partial charge in [0.25, 0.3) is 0 Å². The smallest absolute Gasteiger partial charge is 0.123 e. The van der Waals surface area contributed by atoms with Crippen LogP contribution in [0, 0.1) is 5.82 Å². The maximum absolute atomic E-state index is 13.0. The predicted molar refractivity (Wildman–Crippen MR) is 78.1 cm³/mol. The average Bonchev–Trinajstić information content (AvgIpc) is 2.97. The summed E-state index contributed by atoms with van der Waals surface area (Å²) in [5.41, 5.74) is 9.75. The van der Waals surface area contributed by atoms with Crippen molar-refractivity contribution in [1.82, 2.24) is 0 Å². The number of nitrogens with two attached hydrogens (primary N) is 1. The molecule has 3 N–H and O–H groups in total. The molecule has 1 aliphatic heterocycles. The van der Waals surface area contributed by atoms with Gasteiger partial charge >= 0.3 is 0 Å². The fraction of sp³-hybridized carbons (Fsp3) is 0.294. The van der Waals surface area contributed by atoms with E-state index < -0.39 is 6.10 Å². The number of hydrogen-bond acceptors (Lipinski definition) is 3. The van der Waals surface area contributed by atoms with Gasteiger partial charge in [0.15, 0.2) is 0 Å². The lowest BCUT2D eigenvalue weighted by atomic mass is 9.88. The lowest BCUT2D eigenvalue weighted by molar-refractivity contribution is 0.134. The van der Waals surface area contributed by atoms with E-state index >= 15 is 0 Å². The molecule has 2 aromatic rings. The first kappa shape index (κ1) is 14.2. The highest BCUT2D eigenvalue weighted by Gasteiger charge is 2.23. The maximum Gasteiger partial charge on any atom is 0.123 e. The summed E-state index contributed by atoms with van der Waals surface area (Å²) in [6, 6.07) is 12.0. The van der Waals surface area contributed by atoms with Crippen molar-refractivity contribution in [3.63, 3.8) is 0 Å². The topological polar surface area (TPSA) is 55.5 Å². The van der Waals surface area contributed by atoms with E-state index in [9.17, 15) is 9.50 Å². The van der Waals surface area contributed by atoms with Crippen molar-refractivity contribution in [3.8, 4) is 0 Å². The summed E-state index contributed by atoms with van der Waals surface area (Å²) in [5.74, 6) is -0.551. The van der Waals surface area contributed by atoms with Gasteiger partial charge in [0, 0.05) is 12.5 Å². The molecule has 2 atom stereocenters. The van der Waals surface area contributed by atoms with E-state index in [-0.39, 0.29) is 11.7 Å². The van der Waals surface area contributed by atoms with Crippen LogP contribution in [0.25, 0.3) is 0 Å². The molecule has 3 nitrogen and oxygen atoms in total. The quantitative estimate of drug-likeness (QED) is 0.909. The molecule has 0 aliphatic carbocycles. The molecule has 0 spiro atoms. The van der Waals surface area contributed by atoms with Crippen LogP contribution in [-0.2, 0) is 18.0 Å². The molecule has 0 saturated heterocycles. The van der Waals surface area contributed by atoms with Crippen molar-refractivity contribution < 1.29 is 14.2 Å². The van der Waals surface area contributed by atoms with Crippen molar-refractivity contribution in [1.29, 1.82) is 0 Å². The van der Waals surface area contributed by atoms with E-state index in [1.54, 1.807) is 12.1 Å². The van der Waals surface area contributed by atoms with Crippen LogP contribution >= 0.6 is 0 Å². The van der Waals surface area contributed by atoms with Crippen LogP contribution in [0.2, 0.25) is 0 Å². The number of ether oxygens (including phenoxy) is 1. The molecule has 0 aromatic heterocycles. The molecule has 0 saturated carbocycles. The highest BCUT2D eigenvalue weighted by atomic mass is 19.1. The van der Waals surface area contributed by atoms with Crippen LogP contribution in [0.15, 0.2) is 42.5 Å². The Hall–Kier alpha value is -1.75. The van der Waals surface area contributed by atoms with Crippen LogP contribution in [0.1, 0.15) is 34.3 Å². The van der Waals surface area contributed by atoms with Gasteiger partial charge in [-0.05, 0) is 34.4 Å². The minimum atomic E-state index is -0.716. The first-order valence-electron chi connectivity index (χ1n) is 7.02. The van der Waals surface area contributed by atoms with Crippen LogP contribution in [0.3, 0.4) is 0 Å². The van der Waals surface area contributed by atoms with Crippen molar-refractivity contribution in [2.75, 3.05) is 6.54 Å². The van der Waals surface area contributed by atoms with Gasteiger partial charge in [0.1, 0.15) is 5.82 Å². The number of aliphatic hydroxyl groups excluding tert-OH is 1. The second-order valence-corrected chi connectivity index (χ2v) is 5.36. The molecule has 21 heavy (non-hydrogen) atoms. The number of hydrogen-bond donors (Lipinski definition) is 2. The highest BCUT2D eigenvalue weighted by Crippen LogP contribution is 2.32. The standard InChI is InChI=1S/C17H18FNO2/c18-15-5-3-11(4-6-15)16(8-19)17(20)12-1-2-13-9-21-10-14(13)7-12/h1-7,16-17,20H,8-10,19H2. The Balaban J connectivity index is 1.88. The Bertz CT molecular complexity index is 627. The summed E-state index contributed by atoms with van der Waals surface area (Å²) in [7, 11) is 0. The van der Waals surface area contributed by atoms with Crippen LogP contribution in [0.5, 0.6) is 0 Å². The van der Waals surface area contributed by atoms with Gasteiger partial charge in [0.05, 0.1) is 19.3 Å². The van der Waals surface area contributed by atoms with E-state index in [2.05, 4.69) is 0 Å². The molecular weight excluding hydrogens is 269 g/mol. The van der Waals surface area contributed by atoms with E-state index in [0.717, 1.165) is 22.3 Å². The van der Waals surface area contributed by atoms with Crippen molar-refractivity contribution in [2.45, 2.75) is 25.2 Å². The summed E-state index contributed by atoms with van der Waals surface area (Å²) in [6.07, 6.45) is -0.716. The first-order valence-corrected chi connectivity index (χ1v) is 7.02. The second kappa shape index (κ2) is 5.93. The Morgan fingerprint density at radius 2 is 1.71 bits per heavy atom. The highest BCUT2D eigenvalue weighted by molar-refractivity contribution is 5.36. The number of fused-ring (bicyclic) bond motifs is 1. The number of halogens is 1. The minimum absolute atomic E-state index is 0.258. The first-order chi connectivity index (χ1) is 10.2. The molecule has 3 rings (SSSR count). The predicted octanol–water partition coefficient (Wildman–Crippen LogP) is 2.63. The third-order valence-corrected chi connectivity index (χ3v) is 4.02. The lowest BCUT2D eigenvalue weighted by Crippen LogP contribution is -2.20. The molecule has 4 heteroatoms. The van der Waals surface area contributed by atoms with Crippen LogP contribution in [-0.4, -0.2) is 11.7 Å².